The maximum atomic E-state index is 11.3. The van der Waals surface area contributed by atoms with Gasteiger partial charge in [0.15, 0.2) is 12.4 Å². The van der Waals surface area contributed by atoms with Crippen molar-refractivity contribution in [3.8, 4) is 0 Å². The molecular formula is C22H26O7. The van der Waals surface area contributed by atoms with Gasteiger partial charge in [-0.2, -0.15) is 0 Å². The van der Waals surface area contributed by atoms with Crippen LogP contribution in [0.15, 0.2) is 60.7 Å². The van der Waals surface area contributed by atoms with Crippen molar-refractivity contribution in [2.45, 2.75) is 50.8 Å². The Balaban J connectivity index is 1.66. The lowest BCUT2D eigenvalue weighted by molar-refractivity contribution is -0.301. The second kappa shape index (κ2) is 10.5. The molecule has 2 N–H and O–H groups in total. The summed E-state index contributed by atoms with van der Waals surface area (Å²) in [4.78, 5) is 11.3. The molecule has 3 rings (SSSR count). The summed E-state index contributed by atoms with van der Waals surface area (Å²) in [5, 5.41) is 20.9. The minimum Gasteiger partial charge on any atom is -0.454 e. The molecule has 5 atom stereocenters. The molecule has 1 heterocycles. The molecule has 2 aromatic carbocycles. The second-order valence-corrected chi connectivity index (χ2v) is 6.89. The van der Waals surface area contributed by atoms with Crippen molar-refractivity contribution < 1.29 is 34.0 Å². The van der Waals surface area contributed by atoms with E-state index >= 15 is 0 Å². The Morgan fingerprint density at radius 3 is 2.10 bits per heavy atom. The summed E-state index contributed by atoms with van der Waals surface area (Å²) in [6.07, 6.45) is -5.57. The lowest BCUT2D eigenvalue weighted by Crippen LogP contribution is -2.60. The third kappa shape index (κ3) is 6.09. The van der Waals surface area contributed by atoms with Gasteiger partial charge in [0.25, 0.3) is 0 Å². The fraction of sp³-hybridized carbons (Fsp3) is 0.409. The molecule has 1 aliphatic rings. The lowest BCUT2D eigenvalue weighted by Gasteiger charge is -2.41. The minimum absolute atomic E-state index is 0.0925. The van der Waals surface area contributed by atoms with E-state index in [-0.39, 0.29) is 13.2 Å². The van der Waals surface area contributed by atoms with Gasteiger partial charge in [0.2, 0.25) is 0 Å². The molecule has 0 unspecified atom stereocenters. The fourth-order valence-electron chi connectivity index (χ4n) is 3.20. The van der Waals surface area contributed by atoms with Crippen LogP contribution in [0.5, 0.6) is 0 Å². The van der Waals surface area contributed by atoms with Gasteiger partial charge in [-0.15, -0.1) is 0 Å². The fourth-order valence-corrected chi connectivity index (χ4v) is 3.20. The van der Waals surface area contributed by atoms with E-state index < -0.39 is 36.7 Å². The number of aliphatic hydroxyl groups is 2. The number of hydrogen-bond donors (Lipinski definition) is 2. The Morgan fingerprint density at radius 1 is 0.931 bits per heavy atom. The Labute approximate surface area is 169 Å². The molecule has 156 valence electrons. The van der Waals surface area contributed by atoms with E-state index in [9.17, 15) is 15.0 Å². The van der Waals surface area contributed by atoms with Crippen LogP contribution < -0.4 is 0 Å². The molecule has 7 heteroatoms. The third-order valence-electron chi connectivity index (χ3n) is 4.62. The van der Waals surface area contributed by atoms with E-state index in [4.69, 9.17) is 18.9 Å². The molecule has 1 aliphatic heterocycles. The Bertz CT molecular complexity index is 752. The Hall–Kier alpha value is -2.29. The zero-order valence-corrected chi connectivity index (χ0v) is 16.2. The van der Waals surface area contributed by atoms with E-state index in [1.807, 2.05) is 60.7 Å². The maximum Gasteiger partial charge on any atom is 0.303 e. The predicted octanol–water partition coefficient (Wildman–Crippen LogP) is 1.80. The second-order valence-electron chi connectivity index (χ2n) is 6.89. The van der Waals surface area contributed by atoms with E-state index in [1.54, 1.807) is 0 Å². The van der Waals surface area contributed by atoms with Crippen LogP contribution in [0.25, 0.3) is 0 Å². The Morgan fingerprint density at radius 2 is 1.52 bits per heavy atom. The maximum absolute atomic E-state index is 11.3. The summed E-state index contributed by atoms with van der Waals surface area (Å²) in [7, 11) is 0. The number of ether oxygens (including phenoxy) is 4. The largest absolute Gasteiger partial charge is 0.454 e. The number of rotatable bonds is 8. The number of hydrogen-bond acceptors (Lipinski definition) is 7. The molecule has 0 aliphatic carbocycles. The van der Waals surface area contributed by atoms with Gasteiger partial charge in [0.1, 0.15) is 18.3 Å². The molecule has 1 saturated heterocycles. The van der Waals surface area contributed by atoms with E-state index in [2.05, 4.69) is 0 Å². The molecule has 0 radical (unpaired) electrons. The molecule has 0 aromatic heterocycles. The molecule has 29 heavy (non-hydrogen) atoms. The monoisotopic (exact) mass is 402 g/mol. The number of aliphatic hydroxyl groups excluding tert-OH is 2. The van der Waals surface area contributed by atoms with Crippen LogP contribution in [-0.4, -0.2) is 53.5 Å². The highest BCUT2D eigenvalue weighted by atomic mass is 16.7. The lowest BCUT2D eigenvalue weighted by atomic mass is 9.98. The van der Waals surface area contributed by atoms with E-state index in [0.717, 1.165) is 11.1 Å². The summed E-state index contributed by atoms with van der Waals surface area (Å²) in [6.45, 7) is 1.87. The average Bonchev–Trinajstić information content (AvgIpc) is 2.72. The number of carbonyl (C=O) groups is 1. The summed E-state index contributed by atoms with van der Waals surface area (Å²) in [5.41, 5.74) is 1.91. The van der Waals surface area contributed by atoms with Crippen LogP contribution in [0, 0.1) is 0 Å². The van der Waals surface area contributed by atoms with Crippen molar-refractivity contribution >= 4 is 5.97 Å². The van der Waals surface area contributed by atoms with Crippen molar-refractivity contribution in [3.63, 3.8) is 0 Å². The van der Waals surface area contributed by atoms with Gasteiger partial charge in [0.05, 0.1) is 19.8 Å². The Kier molecular flexibility index (Phi) is 7.74. The van der Waals surface area contributed by atoms with Gasteiger partial charge in [-0.05, 0) is 11.1 Å². The van der Waals surface area contributed by atoms with Crippen molar-refractivity contribution in [1.29, 1.82) is 0 Å². The van der Waals surface area contributed by atoms with Crippen molar-refractivity contribution in [2.24, 2.45) is 0 Å². The topological polar surface area (TPSA) is 94.5 Å². The molecular weight excluding hydrogens is 376 g/mol. The smallest absolute Gasteiger partial charge is 0.303 e. The van der Waals surface area contributed by atoms with Gasteiger partial charge in [-0.25, -0.2) is 0 Å². The highest BCUT2D eigenvalue weighted by Crippen LogP contribution is 2.26. The quantitative estimate of drug-likeness (QED) is 0.650. The first-order valence-electron chi connectivity index (χ1n) is 9.50. The minimum atomic E-state index is -1.48. The van der Waals surface area contributed by atoms with Gasteiger partial charge in [0, 0.05) is 6.92 Å². The van der Waals surface area contributed by atoms with E-state index in [0.29, 0.717) is 6.61 Å². The third-order valence-corrected chi connectivity index (χ3v) is 4.62. The van der Waals surface area contributed by atoms with Crippen LogP contribution in [-0.2, 0) is 37.0 Å². The van der Waals surface area contributed by atoms with Gasteiger partial charge in [-0.1, -0.05) is 60.7 Å². The summed E-state index contributed by atoms with van der Waals surface area (Å²) in [6, 6.07) is 19.1. The number of benzene rings is 2. The number of carbonyl (C=O) groups excluding carboxylic acids is 1. The normalized spacial score (nSPS) is 26.8. The predicted molar refractivity (Wildman–Crippen MR) is 104 cm³/mol. The molecule has 0 amide bonds. The first-order valence-corrected chi connectivity index (χ1v) is 9.50. The molecule has 0 saturated carbocycles. The van der Waals surface area contributed by atoms with Crippen LogP contribution in [0.3, 0.4) is 0 Å². The highest BCUT2D eigenvalue weighted by Gasteiger charge is 2.47. The van der Waals surface area contributed by atoms with Crippen LogP contribution >= 0.6 is 0 Å². The van der Waals surface area contributed by atoms with Crippen LogP contribution in [0.4, 0.5) is 0 Å². The summed E-state index contributed by atoms with van der Waals surface area (Å²) >= 11 is 0. The van der Waals surface area contributed by atoms with Crippen molar-refractivity contribution in [2.75, 3.05) is 6.61 Å². The van der Waals surface area contributed by atoms with Gasteiger partial charge >= 0.3 is 5.97 Å². The van der Waals surface area contributed by atoms with Gasteiger partial charge in [-0.3, -0.25) is 4.79 Å². The molecule has 0 bridgehead atoms. The van der Waals surface area contributed by atoms with Crippen LogP contribution in [0.2, 0.25) is 0 Å². The summed E-state index contributed by atoms with van der Waals surface area (Å²) in [5.74, 6) is -0.628. The zero-order valence-electron chi connectivity index (χ0n) is 16.2. The number of esters is 1. The van der Waals surface area contributed by atoms with Crippen molar-refractivity contribution in [1.82, 2.24) is 0 Å². The molecule has 1 fully saturated rings. The molecule has 7 nitrogen and oxygen atoms in total. The molecule has 0 spiro atoms. The van der Waals surface area contributed by atoms with Crippen LogP contribution in [0.1, 0.15) is 18.1 Å². The average molecular weight is 402 g/mol. The van der Waals surface area contributed by atoms with Gasteiger partial charge < -0.3 is 29.2 Å². The summed E-state index contributed by atoms with van der Waals surface area (Å²) < 4.78 is 22.2. The SMILES string of the molecule is CC(=O)O[C@@H]1[C@@H](O)[C@H](OCc2ccccc2)[C@@H](COCc2ccccc2)O[C@@H]1O. The standard InChI is InChI=1S/C22H26O7/c1-15(23)28-21-19(24)20(27-13-17-10-6-3-7-11-17)18(29-22(21)25)14-26-12-16-8-4-2-5-9-16/h2-11,18-22,24-25H,12-14H2,1H3/t18-,19+,20-,21-,22+/m1/s1. The van der Waals surface area contributed by atoms with E-state index in [1.165, 1.54) is 6.92 Å². The zero-order chi connectivity index (χ0) is 20.6. The first-order chi connectivity index (χ1) is 14.0. The molecule has 2 aromatic rings. The highest BCUT2D eigenvalue weighted by molar-refractivity contribution is 5.66. The van der Waals surface area contributed by atoms with Crippen molar-refractivity contribution in [3.05, 3.63) is 71.8 Å². The first kappa shape index (κ1) is 21.4.